The van der Waals surface area contributed by atoms with Gasteiger partial charge < -0.3 is 19.9 Å². The normalized spacial score (nSPS) is 10.7. The van der Waals surface area contributed by atoms with Crippen LogP contribution in [0.2, 0.25) is 0 Å². The number of rotatable bonds is 5. The molecule has 0 saturated heterocycles. The van der Waals surface area contributed by atoms with Crippen LogP contribution in [-0.2, 0) is 4.74 Å². The molecule has 0 aliphatic carbocycles. The fraction of sp³-hybridized carbons (Fsp3) is 0.235. The van der Waals surface area contributed by atoms with Crippen molar-refractivity contribution in [1.82, 2.24) is 14.6 Å². The highest BCUT2D eigenvalue weighted by Gasteiger charge is 2.18. The number of benzene rings is 1. The number of anilines is 1. The third kappa shape index (κ3) is 2.82. The topological polar surface area (TPSA) is 101 Å². The molecule has 0 aliphatic heterocycles. The lowest BCUT2D eigenvalue weighted by atomic mass is 10.1. The summed E-state index contributed by atoms with van der Waals surface area (Å²) in [6.07, 6.45) is 3.03. The number of hydrogen-bond acceptors (Lipinski definition) is 7. The Morgan fingerprint density at radius 3 is 2.64 bits per heavy atom. The summed E-state index contributed by atoms with van der Waals surface area (Å²) in [5.41, 5.74) is 8.35. The highest BCUT2D eigenvalue weighted by atomic mass is 16.5. The van der Waals surface area contributed by atoms with Crippen LogP contribution in [0, 0.1) is 0 Å². The Hall–Kier alpha value is -3.29. The van der Waals surface area contributed by atoms with Crippen molar-refractivity contribution < 1.29 is 19.0 Å². The Morgan fingerprint density at radius 2 is 1.96 bits per heavy atom. The minimum atomic E-state index is -0.530. The van der Waals surface area contributed by atoms with E-state index in [1.807, 2.05) is 12.1 Å². The van der Waals surface area contributed by atoms with Crippen molar-refractivity contribution >= 4 is 17.4 Å². The lowest BCUT2D eigenvalue weighted by molar-refractivity contribution is 0.0526. The quantitative estimate of drug-likeness (QED) is 0.709. The standard InChI is InChI=1S/C17H18N4O4/c1-4-25-17(22)12-8-19-16-11(9-20-21(16)15(12)18)10-5-6-13(23-2)14(7-10)24-3/h5-9H,4,18H2,1-3H3. The van der Waals surface area contributed by atoms with Crippen molar-refractivity contribution in [3.05, 3.63) is 36.2 Å². The molecule has 0 fully saturated rings. The molecule has 0 bridgehead atoms. The lowest BCUT2D eigenvalue weighted by Gasteiger charge is -2.09. The molecule has 0 unspecified atom stereocenters. The van der Waals surface area contributed by atoms with Crippen LogP contribution in [0.15, 0.2) is 30.6 Å². The number of fused-ring (bicyclic) bond motifs is 1. The van der Waals surface area contributed by atoms with Crippen molar-refractivity contribution in [3.8, 4) is 22.6 Å². The minimum absolute atomic E-state index is 0.176. The van der Waals surface area contributed by atoms with Gasteiger partial charge in [0.25, 0.3) is 0 Å². The fourth-order valence-electron chi connectivity index (χ4n) is 2.52. The van der Waals surface area contributed by atoms with E-state index in [0.29, 0.717) is 17.1 Å². The van der Waals surface area contributed by atoms with Gasteiger partial charge >= 0.3 is 5.97 Å². The second-order valence-corrected chi connectivity index (χ2v) is 5.14. The van der Waals surface area contributed by atoms with E-state index in [1.54, 1.807) is 33.4 Å². The summed E-state index contributed by atoms with van der Waals surface area (Å²) in [5, 5.41) is 4.25. The Bertz CT molecular complexity index is 936. The van der Waals surface area contributed by atoms with Crippen LogP contribution in [0.1, 0.15) is 17.3 Å². The highest BCUT2D eigenvalue weighted by molar-refractivity contribution is 5.95. The predicted octanol–water partition coefficient (Wildman–Crippen LogP) is 2.17. The molecule has 0 aliphatic rings. The van der Waals surface area contributed by atoms with Crippen molar-refractivity contribution in [2.75, 3.05) is 26.6 Å². The van der Waals surface area contributed by atoms with E-state index in [9.17, 15) is 4.79 Å². The lowest BCUT2D eigenvalue weighted by Crippen LogP contribution is -2.12. The summed E-state index contributed by atoms with van der Waals surface area (Å²) in [6.45, 7) is 1.98. The van der Waals surface area contributed by atoms with E-state index in [4.69, 9.17) is 19.9 Å². The fourth-order valence-corrected chi connectivity index (χ4v) is 2.52. The third-order valence-corrected chi connectivity index (χ3v) is 3.75. The van der Waals surface area contributed by atoms with Crippen LogP contribution >= 0.6 is 0 Å². The van der Waals surface area contributed by atoms with Gasteiger partial charge in [-0.2, -0.15) is 9.61 Å². The van der Waals surface area contributed by atoms with Gasteiger partial charge in [-0.3, -0.25) is 0 Å². The zero-order chi connectivity index (χ0) is 18.0. The summed E-state index contributed by atoms with van der Waals surface area (Å²) >= 11 is 0. The summed E-state index contributed by atoms with van der Waals surface area (Å²) in [4.78, 5) is 16.3. The molecule has 0 atom stereocenters. The molecule has 0 amide bonds. The van der Waals surface area contributed by atoms with Gasteiger partial charge in [0.15, 0.2) is 17.1 Å². The van der Waals surface area contributed by atoms with Crippen LogP contribution in [0.4, 0.5) is 5.82 Å². The van der Waals surface area contributed by atoms with E-state index < -0.39 is 5.97 Å². The molecule has 2 heterocycles. The number of nitrogens with zero attached hydrogens (tertiary/aromatic N) is 3. The van der Waals surface area contributed by atoms with Gasteiger partial charge in [0.05, 0.1) is 27.0 Å². The first-order chi connectivity index (χ1) is 12.1. The molecule has 2 aromatic heterocycles. The Kier molecular flexibility index (Phi) is 4.42. The Labute approximate surface area is 144 Å². The third-order valence-electron chi connectivity index (χ3n) is 3.75. The number of ether oxygens (including phenoxy) is 3. The average Bonchev–Trinajstić information content (AvgIpc) is 3.06. The van der Waals surface area contributed by atoms with Gasteiger partial charge in [0.2, 0.25) is 0 Å². The monoisotopic (exact) mass is 342 g/mol. The number of nitrogen functional groups attached to an aromatic ring is 1. The maximum atomic E-state index is 11.9. The van der Waals surface area contributed by atoms with E-state index in [1.165, 1.54) is 10.7 Å². The van der Waals surface area contributed by atoms with Gasteiger partial charge in [-0.15, -0.1) is 0 Å². The predicted molar refractivity (Wildman–Crippen MR) is 91.9 cm³/mol. The number of carbonyl (C=O) groups is 1. The summed E-state index contributed by atoms with van der Waals surface area (Å²) in [6, 6.07) is 5.50. The van der Waals surface area contributed by atoms with Gasteiger partial charge in [-0.25, -0.2) is 9.78 Å². The average molecular weight is 342 g/mol. The SMILES string of the molecule is CCOC(=O)c1cnc2c(-c3ccc(OC)c(OC)c3)cnn2c1N. The molecule has 130 valence electrons. The smallest absolute Gasteiger partial charge is 0.343 e. The van der Waals surface area contributed by atoms with Crippen LogP contribution in [-0.4, -0.2) is 41.4 Å². The second-order valence-electron chi connectivity index (χ2n) is 5.14. The van der Waals surface area contributed by atoms with E-state index >= 15 is 0 Å². The molecule has 8 heteroatoms. The molecule has 1 aromatic carbocycles. The Morgan fingerprint density at radius 1 is 1.20 bits per heavy atom. The van der Waals surface area contributed by atoms with Crippen LogP contribution in [0.25, 0.3) is 16.8 Å². The summed E-state index contributed by atoms with van der Waals surface area (Å²) in [5.74, 6) is 0.864. The number of esters is 1. The van der Waals surface area contributed by atoms with Gasteiger partial charge in [-0.1, -0.05) is 6.07 Å². The number of nitrogens with two attached hydrogens (primary N) is 1. The zero-order valence-corrected chi connectivity index (χ0v) is 14.1. The van der Waals surface area contributed by atoms with Crippen molar-refractivity contribution in [3.63, 3.8) is 0 Å². The first kappa shape index (κ1) is 16.6. The molecular weight excluding hydrogens is 324 g/mol. The molecule has 3 aromatic rings. The van der Waals surface area contributed by atoms with Gasteiger partial charge in [-0.05, 0) is 24.6 Å². The second kappa shape index (κ2) is 6.68. The van der Waals surface area contributed by atoms with Crippen LogP contribution < -0.4 is 15.2 Å². The van der Waals surface area contributed by atoms with Crippen LogP contribution in [0.5, 0.6) is 11.5 Å². The zero-order valence-electron chi connectivity index (χ0n) is 14.1. The summed E-state index contributed by atoms with van der Waals surface area (Å²) in [7, 11) is 3.14. The molecular formula is C17H18N4O4. The van der Waals surface area contributed by atoms with E-state index in [2.05, 4.69) is 10.1 Å². The molecule has 0 saturated carbocycles. The number of aromatic nitrogens is 3. The molecule has 8 nitrogen and oxygen atoms in total. The molecule has 25 heavy (non-hydrogen) atoms. The van der Waals surface area contributed by atoms with Gasteiger partial charge in [0.1, 0.15) is 11.4 Å². The molecule has 0 radical (unpaired) electrons. The van der Waals surface area contributed by atoms with E-state index in [0.717, 1.165) is 11.1 Å². The van der Waals surface area contributed by atoms with Crippen molar-refractivity contribution in [2.24, 2.45) is 0 Å². The van der Waals surface area contributed by atoms with Crippen molar-refractivity contribution in [2.45, 2.75) is 6.92 Å². The summed E-state index contributed by atoms with van der Waals surface area (Å²) < 4.78 is 17.0. The van der Waals surface area contributed by atoms with Crippen LogP contribution in [0.3, 0.4) is 0 Å². The Balaban J connectivity index is 2.10. The largest absolute Gasteiger partial charge is 0.493 e. The maximum Gasteiger partial charge on any atom is 0.343 e. The maximum absolute atomic E-state index is 11.9. The number of hydrogen-bond donors (Lipinski definition) is 1. The molecule has 0 spiro atoms. The molecule has 3 rings (SSSR count). The molecule has 2 N–H and O–H groups in total. The first-order valence-corrected chi connectivity index (χ1v) is 7.62. The van der Waals surface area contributed by atoms with E-state index in [-0.39, 0.29) is 18.0 Å². The van der Waals surface area contributed by atoms with Gasteiger partial charge in [0, 0.05) is 11.8 Å². The first-order valence-electron chi connectivity index (χ1n) is 7.62. The highest BCUT2D eigenvalue weighted by Crippen LogP contribution is 2.34. The number of carbonyl (C=O) groups excluding carboxylic acids is 1. The minimum Gasteiger partial charge on any atom is -0.493 e. The van der Waals surface area contributed by atoms with Crippen molar-refractivity contribution in [1.29, 1.82) is 0 Å². The number of methoxy groups -OCH3 is 2.